The highest BCUT2D eigenvalue weighted by Crippen LogP contribution is 2.26. The second kappa shape index (κ2) is 18.6. The lowest BCUT2D eigenvalue weighted by molar-refractivity contribution is 0.373. The lowest BCUT2D eigenvalue weighted by Gasteiger charge is -2.22. The van der Waals surface area contributed by atoms with E-state index in [2.05, 4.69) is 61.1 Å². The average molecular weight is 679 g/mol. The van der Waals surface area contributed by atoms with E-state index in [1.807, 2.05) is 24.3 Å². The Labute approximate surface area is 291 Å². The predicted molar refractivity (Wildman–Crippen MR) is 187 cm³/mol. The number of aromatic nitrogens is 8. The minimum absolute atomic E-state index is 0.144. The fourth-order valence-corrected chi connectivity index (χ4v) is 5.89. The van der Waals surface area contributed by atoms with Crippen LogP contribution in [0, 0.1) is 34.5 Å². The fourth-order valence-electron chi connectivity index (χ4n) is 5.89. The molecule has 2 fully saturated rings. The van der Waals surface area contributed by atoms with Gasteiger partial charge < -0.3 is 30.7 Å². The third kappa shape index (κ3) is 10.6. The van der Waals surface area contributed by atoms with Crippen LogP contribution >= 0.6 is 0 Å². The summed E-state index contributed by atoms with van der Waals surface area (Å²) >= 11 is 0. The van der Waals surface area contributed by atoms with Crippen LogP contribution in [0.25, 0.3) is 0 Å². The number of hydrogen-bond acceptors (Lipinski definition) is 16. The number of hydrogen-bond donors (Lipinski definition) is 4. The highest BCUT2D eigenvalue weighted by Gasteiger charge is 2.15. The first-order chi connectivity index (χ1) is 24.6. The van der Waals surface area contributed by atoms with Gasteiger partial charge in [0.15, 0.2) is 11.6 Å². The van der Waals surface area contributed by atoms with Crippen LogP contribution in [0.2, 0.25) is 0 Å². The molecule has 0 spiro atoms. The van der Waals surface area contributed by atoms with E-state index in [1.54, 1.807) is 0 Å². The summed E-state index contributed by atoms with van der Waals surface area (Å²) in [5.41, 5.74) is 0.288. The normalized spacial score (nSPS) is 14.6. The second-order valence-corrected chi connectivity index (χ2v) is 12.0. The van der Waals surface area contributed by atoms with Crippen molar-refractivity contribution in [3.05, 3.63) is 48.6 Å². The zero-order chi connectivity index (χ0) is 35.0. The molecule has 0 aliphatic heterocycles. The second-order valence-electron chi connectivity index (χ2n) is 12.0. The third-order valence-corrected chi connectivity index (χ3v) is 8.52. The van der Waals surface area contributed by atoms with Crippen LogP contribution in [-0.2, 0) is 0 Å². The Hall–Kier alpha value is -5.90. The molecule has 4 aromatic rings. The van der Waals surface area contributed by atoms with Gasteiger partial charge in [0, 0.05) is 25.2 Å². The van der Waals surface area contributed by atoms with Crippen molar-refractivity contribution >= 4 is 34.9 Å². The summed E-state index contributed by atoms with van der Waals surface area (Å²) in [7, 11) is 2.90. The van der Waals surface area contributed by atoms with Crippen LogP contribution in [0.3, 0.4) is 0 Å². The molecular formula is C34H42N14O2. The number of nitrogens with zero attached hydrogens (tertiary/aromatic N) is 10. The van der Waals surface area contributed by atoms with Crippen LogP contribution in [0.5, 0.6) is 11.8 Å². The average Bonchev–Trinajstić information content (AvgIpc) is 3.17. The van der Waals surface area contributed by atoms with Gasteiger partial charge in [0.1, 0.15) is 48.1 Å². The molecule has 2 aliphatic carbocycles. The molecule has 0 unspecified atom stereocenters. The zero-order valence-electron chi connectivity index (χ0n) is 28.4. The molecule has 16 heteroatoms. The van der Waals surface area contributed by atoms with Gasteiger partial charge in [-0.2, -0.15) is 20.5 Å². The summed E-state index contributed by atoms with van der Waals surface area (Å²) in [6.07, 6.45) is 19.1. The van der Waals surface area contributed by atoms with Gasteiger partial charge in [0.2, 0.25) is 11.4 Å². The molecule has 0 bridgehead atoms. The Balaban J connectivity index is 0.000000194. The molecule has 0 aromatic carbocycles. The molecule has 4 N–H and O–H groups in total. The number of ether oxygens (including phenoxy) is 2. The maximum absolute atomic E-state index is 8.95. The molecule has 0 atom stereocenters. The summed E-state index contributed by atoms with van der Waals surface area (Å²) in [4.78, 5) is 33.3. The molecule has 4 heterocycles. The molecule has 0 saturated heterocycles. The number of rotatable bonds is 12. The zero-order valence-corrected chi connectivity index (χ0v) is 28.4. The Morgan fingerprint density at radius 3 is 1.36 bits per heavy atom. The summed E-state index contributed by atoms with van der Waals surface area (Å²) in [5, 5.41) is 30.8. The highest BCUT2D eigenvalue weighted by atomic mass is 16.5. The lowest BCUT2D eigenvalue weighted by Crippen LogP contribution is -2.17. The van der Waals surface area contributed by atoms with Crippen molar-refractivity contribution in [2.75, 3.05) is 48.6 Å². The number of nitriles is 2. The Morgan fingerprint density at radius 1 is 0.580 bits per heavy atom. The Bertz CT molecular complexity index is 1630. The molecule has 2 saturated carbocycles. The predicted octanol–water partition coefficient (Wildman–Crippen LogP) is 5.77. The molecular weight excluding hydrogens is 636 g/mol. The maximum atomic E-state index is 8.95. The highest BCUT2D eigenvalue weighted by molar-refractivity contribution is 5.57. The number of methoxy groups -OCH3 is 2. The number of nitrogens with one attached hydrogen (secondary N) is 4. The van der Waals surface area contributed by atoms with Crippen LogP contribution in [-0.4, -0.2) is 67.2 Å². The largest absolute Gasteiger partial charge is 0.479 e. The SMILES string of the molecule is COc1nc(Nc2cc(NCC3CCCCC3)ncn2)cnc1C#N.COc1nc(Nc2cc(NCC3CCCCC3)ncn2)cnc1C#N. The molecule has 4 aromatic heterocycles. The standard InChI is InChI=1S/2C17H21N7O/c2*1-25-17-13(8-18)19-10-16(24-17)23-15-7-14(21-11-22-15)20-9-12-5-3-2-4-6-12/h2*7,10-12H,2-6,9H2,1H3,(H2,20,21,22,23,24). The van der Waals surface area contributed by atoms with Crippen LogP contribution in [0.15, 0.2) is 37.2 Å². The van der Waals surface area contributed by atoms with Crippen molar-refractivity contribution in [2.45, 2.75) is 64.2 Å². The maximum Gasteiger partial charge on any atom is 0.252 e. The summed E-state index contributed by atoms with van der Waals surface area (Å²) in [5.74, 6) is 5.44. The van der Waals surface area contributed by atoms with E-state index in [0.717, 1.165) is 24.7 Å². The van der Waals surface area contributed by atoms with Crippen molar-refractivity contribution in [3.63, 3.8) is 0 Å². The third-order valence-electron chi connectivity index (χ3n) is 8.52. The fraction of sp³-hybridized carbons (Fsp3) is 0.471. The van der Waals surface area contributed by atoms with E-state index in [0.29, 0.717) is 35.1 Å². The Kier molecular flexibility index (Phi) is 13.2. The molecule has 260 valence electrons. The monoisotopic (exact) mass is 678 g/mol. The van der Waals surface area contributed by atoms with Crippen LogP contribution in [0.4, 0.5) is 34.9 Å². The van der Waals surface area contributed by atoms with Gasteiger partial charge in [0.25, 0.3) is 11.8 Å². The van der Waals surface area contributed by atoms with E-state index < -0.39 is 0 Å². The first-order valence-corrected chi connectivity index (χ1v) is 16.8. The van der Waals surface area contributed by atoms with Crippen LogP contribution in [0.1, 0.15) is 75.6 Å². The van der Waals surface area contributed by atoms with Gasteiger partial charge >= 0.3 is 0 Å². The summed E-state index contributed by atoms with van der Waals surface area (Å²) in [6.45, 7) is 1.86. The van der Waals surface area contributed by atoms with E-state index in [-0.39, 0.29) is 23.1 Å². The van der Waals surface area contributed by atoms with E-state index in [9.17, 15) is 0 Å². The molecule has 16 nitrogen and oxygen atoms in total. The minimum Gasteiger partial charge on any atom is -0.479 e. The van der Waals surface area contributed by atoms with Gasteiger partial charge in [-0.3, -0.25) is 0 Å². The van der Waals surface area contributed by atoms with Crippen molar-refractivity contribution < 1.29 is 9.47 Å². The van der Waals surface area contributed by atoms with Gasteiger partial charge in [-0.1, -0.05) is 38.5 Å². The van der Waals surface area contributed by atoms with Gasteiger partial charge in [-0.15, -0.1) is 0 Å². The molecule has 50 heavy (non-hydrogen) atoms. The van der Waals surface area contributed by atoms with Gasteiger partial charge in [0.05, 0.1) is 26.6 Å². The van der Waals surface area contributed by atoms with Crippen LogP contribution < -0.4 is 30.7 Å². The quantitative estimate of drug-likeness (QED) is 0.140. The van der Waals surface area contributed by atoms with E-state index >= 15 is 0 Å². The first kappa shape index (κ1) is 35.4. The molecule has 2 aliphatic rings. The topological polar surface area (TPSA) is 217 Å². The van der Waals surface area contributed by atoms with Gasteiger partial charge in [-0.05, 0) is 37.5 Å². The minimum atomic E-state index is 0.144. The van der Waals surface area contributed by atoms with Crippen molar-refractivity contribution in [1.29, 1.82) is 10.5 Å². The van der Waals surface area contributed by atoms with Crippen molar-refractivity contribution in [1.82, 2.24) is 39.9 Å². The van der Waals surface area contributed by atoms with Crippen molar-refractivity contribution in [3.8, 4) is 23.9 Å². The Morgan fingerprint density at radius 2 is 0.980 bits per heavy atom. The van der Waals surface area contributed by atoms with Gasteiger partial charge in [-0.25, -0.2) is 29.9 Å². The van der Waals surface area contributed by atoms with E-state index in [1.165, 1.54) is 103 Å². The summed E-state index contributed by atoms with van der Waals surface area (Å²) in [6, 6.07) is 7.52. The number of anilines is 6. The molecule has 6 rings (SSSR count). The summed E-state index contributed by atoms with van der Waals surface area (Å²) < 4.78 is 10.1. The molecule has 0 amide bonds. The van der Waals surface area contributed by atoms with E-state index in [4.69, 9.17) is 20.0 Å². The first-order valence-electron chi connectivity index (χ1n) is 16.8. The molecule has 0 radical (unpaired) electrons. The smallest absolute Gasteiger partial charge is 0.252 e. The lowest BCUT2D eigenvalue weighted by atomic mass is 9.89. The van der Waals surface area contributed by atoms with Crippen molar-refractivity contribution in [2.24, 2.45) is 11.8 Å².